The van der Waals surface area contributed by atoms with E-state index in [2.05, 4.69) is 87.4 Å². The number of aromatic amines is 1. The fraction of sp³-hybridized carbons (Fsp3) is 0.391. The summed E-state index contributed by atoms with van der Waals surface area (Å²) >= 11 is 0. The Kier molecular flexibility index (Phi) is 4.85. The van der Waals surface area contributed by atoms with Gasteiger partial charge in [-0.05, 0) is 45.7 Å². The molecule has 4 heteroatoms. The monoisotopic (exact) mass is 363 g/mol. The van der Waals surface area contributed by atoms with Crippen molar-refractivity contribution in [3.63, 3.8) is 0 Å². The number of hydrogen-bond acceptors (Lipinski definition) is 2. The first-order chi connectivity index (χ1) is 12.5. The van der Waals surface area contributed by atoms with Crippen LogP contribution in [-0.2, 0) is 22.0 Å². The minimum absolute atomic E-state index is 0.103. The summed E-state index contributed by atoms with van der Waals surface area (Å²) in [6, 6.07) is 12.7. The minimum Gasteiger partial charge on any atom is -0.326 e. The molecule has 0 saturated heterocycles. The Hall–Kier alpha value is -2.62. The number of carbonyl (C=O) groups is 1. The van der Waals surface area contributed by atoms with E-state index in [1.165, 1.54) is 16.5 Å². The van der Waals surface area contributed by atoms with Gasteiger partial charge in [0.1, 0.15) is 0 Å². The van der Waals surface area contributed by atoms with Crippen LogP contribution < -0.4 is 5.32 Å². The van der Waals surface area contributed by atoms with Crippen LogP contribution in [0.5, 0.6) is 0 Å². The Morgan fingerprint density at radius 1 is 0.889 bits per heavy atom. The first-order valence-electron chi connectivity index (χ1n) is 9.41. The number of hydrogen-bond donors (Lipinski definition) is 2. The van der Waals surface area contributed by atoms with Crippen LogP contribution >= 0.6 is 0 Å². The van der Waals surface area contributed by atoms with Gasteiger partial charge < -0.3 is 5.32 Å². The number of H-pyrrole nitrogens is 1. The number of benzene rings is 2. The van der Waals surface area contributed by atoms with Gasteiger partial charge in [-0.25, -0.2) is 0 Å². The second-order valence-electron chi connectivity index (χ2n) is 9.27. The molecule has 1 amide bonds. The molecule has 4 rings (SSSR count). The quantitative estimate of drug-likeness (QED) is 0.566. The molecule has 2 aromatic carbocycles. The summed E-state index contributed by atoms with van der Waals surface area (Å²) in [5, 5.41) is 11.0. The molecule has 0 spiro atoms. The van der Waals surface area contributed by atoms with Gasteiger partial charge in [0, 0.05) is 11.1 Å². The molecule has 27 heavy (non-hydrogen) atoms. The lowest BCUT2D eigenvalue weighted by Crippen LogP contribution is -2.10. The summed E-state index contributed by atoms with van der Waals surface area (Å²) < 4.78 is 0. The van der Waals surface area contributed by atoms with Crippen LogP contribution in [0.4, 0.5) is 5.69 Å². The normalized spacial score (nSPS) is 13.8. The van der Waals surface area contributed by atoms with Gasteiger partial charge in [-0.1, -0.05) is 59.7 Å². The van der Waals surface area contributed by atoms with Crippen LogP contribution in [0.2, 0.25) is 0 Å². The Morgan fingerprint density at radius 3 is 2.19 bits per heavy atom. The highest BCUT2D eigenvalue weighted by atomic mass is 16.1. The summed E-state index contributed by atoms with van der Waals surface area (Å²) in [4.78, 5) is 11.1. The van der Waals surface area contributed by atoms with E-state index in [1.54, 1.807) is 0 Å². The molecule has 0 saturated carbocycles. The van der Waals surface area contributed by atoms with Gasteiger partial charge in [0.05, 0.1) is 18.1 Å². The van der Waals surface area contributed by atoms with Gasteiger partial charge in [0.2, 0.25) is 5.91 Å². The summed E-state index contributed by atoms with van der Waals surface area (Å²) in [5.41, 5.74) is 6.21. The van der Waals surface area contributed by atoms with E-state index in [0.29, 0.717) is 6.42 Å². The van der Waals surface area contributed by atoms with Crippen molar-refractivity contribution in [2.75, 3.05) is 5.32 Å². The molecule has 142 valence electrons. The van der Waals surface area contributed by atoms with E-state index in [1.807, 2.05) is 12.3 Å². The van der Waals surface area contributed by atoms with Crippen molar-refractivity contribution in [1.29, 1.82) is 0 Å². The molecule has 1 aliphatic heterocycles. The molecular weight excluding hydrogens is 334 g/mol. The van der Waals surface area contributed by atoms with E-state index >= 15 is 0 Å². The fourth-order valence-electron chi connectivity index (χ4n) is 3.11. The first-order valence-corrected chi connectivity index (χ1v) is 9.41. The van der Waals surface area contributed by atoms with Crippen molar-refractivity contribution in [3.05, 3.63) is 59.3 Å². The predicted octanol–water partition coefficient (Wildman–Crippen LogP) is 5.34. The second kappa shape index (κ2) is 6.84. The number of fused-ring (bicyclic) bond motifs is 2. The number of amides is 1. The third kappa shape index (κ3) is 4.38. The lowest BCUT2D eigenvalue weighted by Gasteiger charge is -2.19. The highest BCUT2D eigenvalue weighted by Crippen LogP contribution is 2.29. The van der Waals surface area contributed by atoms with Gasteiger partial charge >= 0.3 is 0 Å². The summed E-state index contributed by atoms with van der Waals surface area (Å²) in [6.07, 6.45) is 2.39. The van der Waals surface area contributed by atoms with Crippen molar-refractivity contribution in [2.24, 2.45) is 0 Å². The highest BCUT2D eigenvalue weighted by molar-refractivity contribution is 5.99. The molecule has 1 aliphatic rings. The first kappa shape index (κ1) is 19.2. The van der Waals surface area contributed by atoms with E-state index in [-0.39, 0.29) is 16.7 Å². The molecule has 1 aromatic heterocycles. The maximum Gasteiger partial charge on any atom is 0.228 e. The topological polar surface area (TPSA) is 57.8 Å². The number of anilines is 1. The molecular formula is C23H29N3O. The van der Waals surface area contributed by atoms with Crippen LogP contribution in [0, 0.1) is 0 Å². The lowest BCUT2D eigenvalue weighted by atomic mass is 9.86. The van der Waals surface area contributed by atoms with Gasteiger partial charge in [-0.15, -0.1) is 0 Å². The Labute approximate surface area is 161 Å². The number of rotatable bonds is 0. The lowest BCUT2D eigenvalue weighted by molar-refractivity contribution is -0.115. The largest absolute Gasteiger partial charge is 0.326 e. The van der Waals surface area contributed by atoms with Crippen LogP contribution in [0.1, 0.15) is 58.2 Å². The third-order valence-corrected chi connectivity index (χ3v) is 4.90. The Balaban J connectivity index is 0.000000156. The molecule has 2 N–H and O–H groups in total. The fourth-order valence-corrected chi connectivity index (χ4v) is 3.11. The van der Waals surface area contributed by atoms with E-state index in [0.717, 1.165) is 16.8 Å². The van der Waals surface area contributed by atoms with E-state index in [4.69, 9.17) is 0 Å². The number of aromatic nitrogens is 2. The number of carbonyl (C=O) groups excluding carboxylic acids is 1. The van der Waals surface area contributed by atoms with Crippen LogP contribution in [0.25, 0.3) is 10.9 Å². The number of nitrogens with one attached hydrogen (secondary N) is 2. The maximum absolute atomic E-state index is 11.1. The van der Waals surface area contributed by atoms with Crippen molar-refractivity contribution in [2.45, 2.75) is 58.8 Å². The number of nitrogens with zero attached hydrogens (tertiary/aromatic N) is 1. The van der Waals surface area contributed by atoms with Gasteiger partial charge in [0.25, 0.3) is 0 Å². The van der Waals surface area contributed by atoms with Gasteiger partial charge in [-0.2, -0.15) is 5.10 Å². The zero-order chi connectivity index (χ0) is 19.8. The predicted molar refractivity (Wildman–Crippen MR) is 112 cm³/mol. The second-order valence-corrected chi connectivity index (χ2v) is 9.27. The van der Waals surface area contributed by atoms with Crippen molar-refractivity contribution in [1.82, 2.24) is 10.2 Å². The highest BCUT2D eigenvalue weighted by Gasteiger charge is 2.21. The molecule has 0 bridgehead atoms. The van der Waals surface area contributed by atoms with Gasteiger partial charge in [-0.3, -0.25) is 9.89 Å². The maximum atomic E-state index is 11.1. The molecule has 0 atom stereocenters. The average Bonchev–Trinajstić information content (AvgIpc) is 3.16. The van der Waals surface area contributed by atoms with E-state index in [9.17, 15) is 4.79 Å². The molecule has 0 fully saturated rings. The van der Waals surface area contributed by atoms with Gasteiger partial charge in [0.15, 0.2) is 0 Å². The summed E-state index contributed by atoms with van der Waals surface area (Å²) in [6.45, 7) is 13.2. The standard InChI is InChI=1S/C12H15NO.C11H14N2/c1-12(2,3)9-4-5-10-8(6-9)7-11(14)13-10;1-11(2,3)9-4-5-10-8(6-9)7-12-13-10/h4-6H,7H2,1-3H3,(H,13,14);4-7H,1-3H3,(H,12,13). The summed E-state index contributed by atoms with van der Waals surface area (Å²) in [7, 11) is 0. The zero-order valence-corrected chi connectivity index (χ0v) is 17.1. The third-order valence-electron chi connectivity index (χ3n) is 4.90. The molecule has 0 radical (unpaired) electrons. The smallest absolute Gasteiger partial charge is 0.228 e. The molecule has 0 aliphatic carbocycles. The van der Waals surface area contributed by atoms with Crippen LogP contribution in [-0.4, -0.2) is 16.1 Å². The van der Waals surface area contributed by atoms with Crippen LogP contribution in [0.15, 0.2) is 42.6 Å². The minimum atomic E-state index is 0.103. The Morgan fingerprint density at radius 2 is 1.52 bits per heavy atom. The molecule has 0 unspecified atom stereocenters. The van der Waals surface area contributed by atoms with E-state index < -0.39 is 0 Å². The van der Waals surface area contributed by atoms with Crippen molar-refractivity contribution >= 4 is 22.5 Å². The SMILES string of the molecule is CC(C)(C)c1ccc2[nH]ncc2c1.CC(C)(C)c1ccc2c(c1)CC(=O)N2. The molecule has 4 nitrogen and oxygen atoms in total. The van der Waals surface area contributed by atoms with Crippen molar-refractivity contribution < 1.29 is 4.79 Å². The molecule has 2 heterocycles. The van der Waals surface area contributed by atoms with Crippen LogP contribution in [0.3, 0.4) is 0 Å². The molecule has 3 aromatic rings. The zero-order valence-electron chi connectivity index (χ0n) is 17.1. The summed E-state index contributed by atoms with van der Waals surface area (Å²) in [5.74, 6) is 0.103. The average molecular weight is 364 g/mol. The van der Waals surface area contributed by atoms with Crippen molar-refractivity contribution in [3.8, 4) is 0 Å². The Bertz CT molecular complexity index is 971.